The van der Waals surface area contributed by atoms with Gasteiger partial charge in [-0.05, 0) is 38.5 Å². The zero-order valence-electron chi connectivity index (χ0n) is 37.8. The molecule has 1 unspecified atom stereocenters. The van der Waals surface area contributed by atoms with Gasteiger partial charge in [-0.3, -0.25) is 14.2 Å². The van der Waals surface area contributed by atoms with E-state index in [9.17, 15) is 19.0 Å². The van der Waals surface area contributed by atoms with Crippen LogP contribution in [0.4, 0.5) is 0 Å². The molecule has 9 nitrogen and oxygen atoms in total. The number of carbonyl (C=O) groups excluding carboxylic acids is 2. The number of nitrogens with zero attached hydrogens (tertiary/aromatic N) is 1. The second kappa shape index (κ2) is 39.9. The number of quaternary nitrogens is 1. The van der Waals surface area contributed by atoms with Crippen molar-refractivity contribution in [3.05, 3.63) is 24.3 Å². The maximum atomic E-state index is 12.7. The highest BCUT2D eigenvalue weighted by Gasteiger charge is 2.21. The van der Waals surface area contributed by atoms with Crippen LogP contribution in [0.3, 0.4) is 0 Å². The van der Waals surface area contributed by atoms with E-state index >= 15 is 0 Å². The van der Waals surface area contributed by atoms with Crippen molar-refractivity contribution in [3.8, 4) is 0 Å². The Morgan fingerprint density at radius 3 is 1.37 bits per heavy atom. The van der Waals surface area contributed by atoms with Crippen molar-refractivity contribution < 1.29 is 42.1 Å². The molecule has 57 heavy (non-hydrogen) atoms. The Labute approximate surface area is 351 Å². The number of phosphoric acid groups is 1. The fourth-order valence-electron chi connectivity index (χ4n) is 6.53. The van der Waals surface area contributed by atoms with Crippen LogP contribution in [0.25, 0.3) is 0 Å². The minimum atomic E-state index is -4.63. The molecule has 0 aromatic carbocycles. The van der Waals surface area contributed by atoms with Crippen LogP contribution >= 0.6 is 7.82 Å². The number of phosphoric ester groups is 1. The van der Waals surface area contributed by atoms with Gasteiger partial charge in [0.2, 0.25) is 0 Å². The van der Waals surface area contributed by atoms with Crippen LogP contribution in [0.1, 0.15) is 213 Å². The van der Waals surface area contributed by atoms with E-state index in [-0.39, 0.29) is 26.1 Å². The van der Waals surface area contributed by atoms with Crippen LogP contribution in [-0.4, -0.2) is 70.0 Å². The molecule has 0 saturated heterocycles. The molecule has 0 rings (SSSR count). The lowest BCUT2D eigenvalue weighted by molar-refractivity contribution is -0.870. The Bertz CT molecular complexity index is 1030. The SMILES string of the molecule is CCCCCC/C=C/C=C/CCCCCCCC(=O)OC[C@H](COP(=O)([O-])OCC[N+](C)(C)C)OC(=O)CCCCCCCCCCCCCCCCCCCC. The normalized spacial score (nSPS) is 13.7. The van der Waals surface area contributed by atoms with Gasteiger partial charge in [0, 0.05) is 12.8 Å². The van der Waals surface area contributed by atoms with Gasteiger partial charge in [-0.15, -0.1) is 0 Å². The molecular formula is C47H90NO8P. The zero-order chi connectivity index (χ0) is 42.1. The summed E-state index contributed by atoms with van der Waals surface area (Å²) in [6.07, 6.45) is 43.4. The second-order valence-electron chi connectivity index (χ2n) is 17.2. The van der Waals surface area contributed by atoms with Gasteiger partial charge >= 0.3 is 11.9 Å². The first-order chi connectivity index (χ1) is 27.5. The summed E-state index contributed by atoms with van der Waals surface area (Å²) >= 11 is 0. The summed E-state index contributed by atoms with van der Waals surface area (Å²) in [7, 11) is 1.16. The average molecular weight is 828 g/mol. The lowest BCUT2D eigenvalue weighted by Crippen LogP contribution is -2.37. The Morgan fingerprint density at radius 2 is 0.930 bits per heavy atom. The molecule has 0 aliphatic rings. The number of allylic oxidation sites excluding steroid dienone is 4. The van der Waals surface area contributed by atoms with Gasteiger partial charge < -0.3 is 27.9 Å². The van der Waals surface area contributed by atoms with Gasteiger partial charge in [-0.1, -0.05) is 186 Å². The predicted octanol–water partition coefficient (Wildman–Crippen LogP) is 12.9. The van der Waals surface area contributed by atoms with Gasteiger partial charge in [0.1, 0.15) is 19.8 Å². The highest BCUT2D eigenvalue weighted by Crippen LogP contribution is 2.38. The third-order valence-electron chi connectivity index (χ3n) is 10.3. The molecule has 10 heteroatoms. The minimum absolute atomic E-state index is 0.0314. The van der Waals surface area contributed by atoms with Gasteiger partial charge in [0.25, 0.3) is 7.82 Å². The summed E-state index contributed by atoms with van der Waals surface area (Å²) in [5, 5.41) is 0. The quantitative estimate of drug-likeness (QED) is 0.0196. The van der Waals surface area contributed by atoms with Crippen LogP contribution in [0.5, 0.6) is 0 Å². The van der Waals surface area contributed by atoms with E-state index in [1.165, 1.54) is 122 Å². The average Bonchev–Trinajstić information content (AvgIpc) is 3.16. The molecule has 336 valence electrons. The van der Waals surface area contributed by atoms with Crippen molar-refractivity contribution in [3.63, 3.8) is 0 Å². The third-order valence-corrected chi connectivity index (χ3v) is 11.2. The van der Waals surface area contributed by atoms with Gasteiger partial charge in [0.15, 0.2) is 6.10 Å². The number of ether oxygens (including phenoxy) is 2. The summed E-state index contributed by atoms with van der Waals surface area (Å²) in [5.74, 6) is -0.843. The Morgan fingerprint density at radius 1 is 0.544 bits per heavy atom. The van der Waals surface area contributed by atoms with E-state index in [1.54, 1.807) is 0 Å². The molecule has 0 aliphatic heterocycles. The van der Waals surface area contributed by atoms with Gasteiger partial charge in [-0.25, -0.2) is 0 Å². The lowest BCUT2D eigenvalue weighted by Gasteiger charge is -2.28. The first-order valence-corrected chi connectivity index (χ1v) is 25.0. The Balaban J connectivity index is 4.31. The van der Waals surface area contributed by atoms with Gasteiger partial charge in [-0.2, -0.15) is 0 Å². The molecule has 0 fully saturated rings. The van der Waals surface area contributed by atoms with E-state index in [0.29, 0.717) is 23.9 Å². The monoisotopic (exact) mass is 828 g/mol. The van der Waals surface area contributed by atoms with Crippen LogP contribution in [0.2, 0.25) is 0 Å². The smallest absolute Gasteiger partial charge is 0.306 e. The number of hydrogen-bond acceptors (Lipinski definition) is 8. The number of esters is 2. The molecule has 0 amide bonds. The zero-order valence-corrected chi connectivity index (χ0v) is 38.7. The van der Waals surface area contributed by atoms with Crippen LogP contribution in [0.15, 0.2) is 24.3 Å². The summed E-state index contributed by atoms with van der Waals surface area (Å²) in [5.41, 5.74) is 0. The highest BCUT2D eigenvalue weighted by molar-refractivity contribution is 7.45. The van der Waals surface area contributed by atoms with Crippen molar-refractivity contribution in [2.75, 3.05) is 47.5 Å². The fraction of sp³-hybridized carbons (Fsp3) is 0.872. The van der Waals surface area contributed by atoms with E-state index in [2.05, 4.69) is 38.2 Å². The maximum absolute atomic E-state index is 12.7. The molecule has 0 heterocycles. The number of unbranched alkanes of at least 4 members (excludes halogenated alkanes) is 26. The number of rotatable bonds is 43. The van der Waals surface area contributed by atoms with Crippen molar-refractivity contribution in [1.29, 1.82) is 0 Å². The van der Waals surface area contributed by atoms with Crippen LogP contribution in [-0.2, 0) is 32.7 Å². The number of hydrogen-bond donors (Lipinski definition) is 0. The van der Waals surface area contributed by atoms with Crippen molar-refractivity contribution >= 4 is 19.8 Å². The molecular weight excluding hydrogens is 737 g/mol. The Kier molecular flexibility index (Phi) is 38.9. The van der Waals surface area contributed by atoms with Crippen molar-refractivity contribution in [2.45, 2.75) is 219 Å². The van der Waals surface area contributed by atoms with E-state index in [4.69, 9.17) is 18.5 Å². The number of carbonyl (C=O) groups is 2. The summed E-state index contributed by atoms with van der Waals surface area (Å²) in [4.78, 5) is 37.6. The van der Waals surface area contributed by atoms with Crippen molar-refractivity contribution in [2.24, 2.45) is 0 Å². The molecule has 0 aromatic heterocycles. The van der Waals surface area contributed by atoms with Crippen LogP contribution in [0, 0.1) is 0 Å². The molecule has 0 spiro atoms. The summed E-state index contributed by atoms with van der Waals surface area (Å²) in [6.45, 7) is 4.22. The van der Waals surface area contributed by atoms with Crippen LogP contribution < -0.4 is 4.89 Å². The largest absolute Gasteiger partial charge is 0.756 e. The maximum Gasteiger partial charge on any atom is 0.306 e. The molecule has 0 aromatic rings. The molecule has 0 radical (unpaired) electrons. The first kappa shape index (κ1) is 55.5. The molecule has 2 atom stereocenters. The molecule has 0 N–H and O–H groups in total. The van der Waals surface area contributed by atoms with Gasteiger partial charge in [0.05, 0.1) is 27.7 Å². The lowest BCUT2D eigenvalue weighted by atomic mass is 10.0. The van der Waals surface area contributed by atoms with E-state index < -0.39 is 32.5 Å². The number of likely N-dealkylation sites (N-methyl/N-ethyl adjacent to an activating group) is 1. The summed E-state index contributed by atoms with van der Waals surface area (Å²) < 4.78 is 33.9. The predicted molar refractivity (Wildman–Crippen MR) is 236 cm³/mol. The van der Waals surface area contributed by atoms with E-state index in [1.807, 2.05) is 21.1 Å². The standard InChI is InChI=1S/C47H90NO8P/c1-6-8-10-12-14-16-18-20-22-23-24-26-28-30-32-34-36-38-40-47(50)56-45(44-55-57(51,52)54-42-41-48(3,4)5)43-53-46(49)39-37-35-33-31-29-27-25-21-19-17-15-13-11-9-7-2/h17,19,21,25,45H,6-16,18,20,22-24,26-44H2,1-5H3/b19-17+,25-21+/t45-/m1/s1. The fourth-order valence-corrected chi connectivity index (χ4v) is 7.26. The third kappa shape index (κ3) is 43.9. The molecule has 0 aliphatic carbocycles. The highest BCUT2D eigenvalue weighted by atomic mass is 31.2. The second-order valence-corrected chi connectivity index (χ2v) is 18.6. The topological polar surface area (TPSA) is 111 Å². The Hall–Kier alpha value is -1.51. The minimum Gasteiger partial charge on any atom is -0.756 e. The molecule has 0 bridgehead atoms. The molecule has 0 saturated carbocycles. The van der Waals surface area contributed by atoms with E-state index in [0.717, 1.165) is 51.4 Å². The first-order valence-electron chi connectivity index (χ1n) is 23.6. The van der Waals surface area contributed by atoms with Crippen molar-refractivity contribution in [1.82, 2.24) is 0 Å². The summed E-state index contributed by atoms with van der Waals surface area (Å²) in [6, 6.07) is 0.